The maximum atomic E-state index is 14.1. The Morgan fingerprint density at radius 3 is 2.62 bits per heavy atom. The first-order valence-electron chi connectivity index (χ1n) is 9.59. The number of rotatable bonds is 5. The second-order valence-electron chi connectivity index (χ2n) is 7.09. The number of amides is 1. The third kappa shape index (κ3) is 3.84. The van der Waals surface area contributed by atoms with Crippen molar-refractivity contribution in [1.82, 2.24) is 19.8 Å². The molecule has 29 heavy (non-hydrogen) atoms. The highest BCUT2D eigenvalue weighted by molar-refractivity contribution is 5.97. The maximum absolute atomic E-state index is 14.1. The molecule has 0 radical (unpaired) electrons. The minimum absolute atomic E-state index is 0.121. The van der Waals surface area contributed by atoms with Crippen LogP contribution in [0.3, 0.4) is 0 Å². The molecule has 1 fully saturated rings. The van der Waals surface area contributed by atoms with E-state index in [0.29, 0.717) is 12.1 Å². The molecule has 2 N–H and O–H groups in total. The number of nitrogens with one attached hydrogen (secondary N) is 2. The van der Waals surface area contributed by atoms with E-state index in [1.807, 2.05) is 0 Å². The molecule has 1 aliphatic rings. The maximum Gasteiger partial charge on any atom is 0.333 e. The summed E-state index contributed by atoms with van der Waals surface area (Å²) in [4.78, 5) is 42.5. The topological polar surface area (TPSA) is 87.2 Å². The average molecular weight is 396 g/mol. The van der Waals surface area contributed by atoms with Gasteiger partial charge in [0.2, 0.25) is 0 Å². The van der Waals surface area contributed by atoms with Crippen molar-refractivity contribution >= 4 is 16.8 Å². The van der Waals surface area contributed by atoms with Crippen LogP contribution in [0.25, 0.3) is 16.6 Å². The van der Waals surface area contributed by atoms with Crippen LogP contribution in [0.15, 0.2) is 52.1 Å². The number of para-hydroxylation sites is 1. The average Bonchev–Trinajstić information content (AvgIpc) is 3.22. The van der Waals surface area contributed by atoms with Crippen molar-refractivity contribution in [2.45, 2.75) is 12.8 Å². The molecular formula is C21H21FN4O3. The first-order chi connectivity index (χ1) is 14.0. The van der Waals surface area contributed by atoms with Gasteiger partial charge >= 0.3 is 5.69 Å². The monoisotopic (exact) mass is 396 g/mol. The first kappa shape index (κ1) is 19.1. The van der Waals surface area contributed by atoms with Crippen molar-refractivity contribution in [3.8, 4) is 5.69 Å². The number of benzene rings is 2. The van der Waals surface area contributed by atoms with E-state index in [0.717, 1.165) is 24.2 Å². The molecule has 0 atom stereocenters. The normalized spacial score (nSPS) is 14.4. The predicted octanol–water partition coefficient (Wildman–Crippen LogP) is 1.64. The van der Waals surface area contributed by atoms with E-state index in [1.54, 1.807) is 6.07 Å². The largest absolute Gasteiger partial charge is 0.351 e. The summed E-state index contributed by atoms with van der Waals surface area (Å²) in [7, 11) is 0. The molecular weight excluding hydrogens is 375 g/mol. The van der Waals surface area contributed by atoms with Crippen LogP contribution in [0, 0.1) is 5.82 Å². The minimum Gasteiger partial charge on any atom is -0.351 e. The summed E-state index contributed by atoms with van der Waals surface area (Å²) in [5.74, 6) is -0.946. The highest BCUT2D eigenvalue weighted by atomic mass is 19.1. The van der Waals surface area contributed by atoms with Crippen LogP contribution in [0.1, 0.15) is 23.2 Å². The number of aromatic amines is 1. The fraction of sp³-hybridized carbons (Fsp3) is 0.286. The van der Waals surface area contributed by atoms with E-state index in [4.69, 9.17) is 0 Å². The first-order valence-corrected chi connectivity index (χ1v) is 9.59. The molecule has 4 rings (SSSR count). The Bertz CT molecular complexity index is 1180. The van der Waals surface area contributed by atoms with Crippen molar-refractivity contribution < 1.29 is 9.18 Å². The number of carbonyl (C=O) groups is 1. The molecule has 8 heteroatoms. The lowest BCUT2D eigenvalue weighted by molar-refractivity contribution is 0.0950. The number of hydrogen-bond acceptors (Lipinski definition) is 4. The fourth-order valence-electron chi connectivity index (χ4n) is 3.65. The standard InChI is InChI=1S/C21H21FN4O3/c22-16-5-1-2-6-18(16)26-20(28)15-8-7-14(13-17(15)24-21(26)29)19(27)23-9-12-25-10-3-4-11-25/h1-2,5-8,13H,3-4,9-12H2,(H,23,27)(H,24,29). The van der Waals surface area contributed by atoms with Gasteiger partial charge in [-0.1, -0.05) is 12.1 Å². The summed E-state index contributed by atoms with van der Waals surface area (Å²) in [5.41, 5.74) is -0.948. The minimum atomic E-state index is -0.765. The third-order valence-electron chi connectivity index (χ3n) is 5.17. The Hall–Kier alpha value is -3.26. The van der Waals surface area contributed by atoms with Crippen LogP contribution in [0.4, 0.5) is 4.39 Å². The van der Waals surface area contributed by atoms with Crippen LogP contribution in [0.2, 0.25) is 0 Å². The van der Waals surface area contributed by atoms with Crippen molar-refractivity contribution in [2.24, 2.45) is 0 Å². The summed E-state index contributed by atoms with van der Waals surface area (Å²) in [5, 5.41) is 3.05. The predicted molar refractivity (Wildman–Crippen MR) is 108 cm³/mol. The van der Waals surface area contributed by atoms with Crippen molar-refractivity contribution in [2.75, 3.05) is 26.2 Å². The molecule has 1 amide bonds. The lowest BCUT2D eigenvalue weighted by Crippen LogP contribution is -2.35. The Balaban J connectivity index is 1.61. The van der Waals surface area contributed by atoms with Gasteiger partial charge in [-0.3, -0.25) is 9.59 Å². The Morgan fingerprint density at radius 2 is 1.86 bits per heavy atom. The number of nitrogens with zero attached hydrogens (tertiary/aromatic N) is 2. The smallest absolute Gasteiger partial charge is 0.333 e. The molecule has 2 heterocycles. The van der Waals surface area contributed by atoms with Crippen LogP contribution in [-0.2, 0) is 0 Å². The molecule has 2 aromatic carbocycles. The summed E-state index contributed by atoms with van der Waals surface area (Å²) in [6.07, 6.45) is 2.38. The van der Waals surface area contributed by atoms with Gasteiger partial charge in [0, 0.05) is 18.7 Å². The van der Waals surface area contributed by atoms with Gasteiger partial charge in [-0.15, -0.1) is 0 Å². The van der Waals surface area contributed by atoms with Gasteiger partial charge in [0.05, 0.1) is 16.6 Å². The van der Waals surface area contributed by atoms with E-state index in [-0.39, 0.29) is 22.5 Å². The molecule has 1 aliphatic heterocycles. The molecule has 1 saturated heterocycles. The van der Waals surface area contributed by atoms with E-state index in [2.05, 4.69) is 15.2 Å². The number of likely N-dealkylation sites (tertiary alicyclic amines) is 1. The van der Waals surface area contributed by atoms with Gasteiger partial charge in [-0.25, -0.2) is 13.8 Å². The number of H-pyrrole nitrogens is 1. The van der Waals surface area contributed by atoms with Crippen LogP contribution < -0.4 is 16.6 Å². The summed E-state index contributed by atoms with van der Waals surface area (Å²) in [6, 6.07) is 10.0. The van der Waals surface area contributed by atoms with Crippen LogP contribution in [-0.4, -0.2) is 46.5 Å². The summed E-state index contributed by atoms with van der Waals surface area (Å²) >= 11 is 0. The molecule has 0 unspecified atom stereocenters. The van der Waals surface area contributed by atoms with E-state index >= 15 is 0 Å². The van der Waals surface area contributed by atoms with Crippen LogP contribution >= 0.6 is 0 Å². The quantitative estimate of drug-likeness (QED) is 0.687. The SMILES string of the molecule is O=C(NCCN1CCCC1)c1ccc2c(=O)n(-c3ccccc3F)c(=O)[nH]c2c1. The molecule has 0 aliphatic carbocycles. The zero-order valence-corrected chi connectivity index (χ0v) is 15.8. The second-order valence-corrected chi connectivity index (χ2v) is 7.09. The number of carbonyl (C=O) groups excluding carboxylic acids is 1. The van der Waals surface area contributed by atoms with Crippen molar-refractivity contribution in [3.63, 3.8) is 0 Å². The molecule has 1 aromatic heterocycles. The molecule has 0 spiro atoms. The highest BCUT2D eigenvalue weighted by Crippen LogP contribution is 2.13. The summed E-state index contributed by atoms with van der Waals surface area (Å²) in [6.45, 7) is 3.44. The summed E-state index contributed by atoms with van der Waals surface area (Å²) < 4.78 is 14.8. The third-order valence-corrected chi connectivity index (χ3v) is 5.17. The molecule has 0 saturated carbocycles. The molecule has 150 valence electrons. The van der Waals surface area contributed by atoms with E-state index in [9.17, 15) is 18.8 Å². The Labute approximate surface area is 165 Å². The number of aromatic nitrogens is 2. The molecule has 3 aromatic rings. The molecule has 0 bridgehead atoms. The highest BCUT2D eigenvalue weighted by Gasteiger charge is 2.15. The number of halogens is 1. The second kappa shape index (κ2) is 8.00. The van der Waals surface area contributed by atoms with Crippen molar-refractivity contribution in [1.29, 1.82) is 0 Å². The zero-order valence-electron chi connectivity index (χ0n) is 15.8. The fourth-order valence-corrected chi connectivity index (χ4v) is 3.65. The Morgan fingerprint density at radius 1 is 1.10 bits per heavy atom. The lowest BCUT2D eigenvalue weighted by Gasteiger charge is -2.14. The van der Waals surface area contributed by atoms with E-state index in [1.165, 1.54) is 49.2 Å². The van der Waals surface area contributed by atoms with E-state index < -0.39 is 17.1 Å². The van der Waals surface area contributed by atoms with Gasteiger partial charge < -0.3 is 15.2 Å². The van der Waals surface area contributed by atoms with Gasteiger partial charge in [0.25, 0.3) is 11.5 Å². The number of fused-ring (bicyclic) bond motifs is 1. The van der Waals surface area contributed by atoms with Gasteiger partial charge in [-0.05, 0) is 56.3 Å². The van der Waals surface area contributed by atoms with Gasteiger partial charge in [0.15, 0.2) is 0 Å². The van der Waals surface area contributed by atoms with Crippen molar-refractivity contribution in [3.05, 3.63) is 74.7 Å². The van der Waals surface area contributed by atoms with Gasteiger partial charge in [-0.2, -0.15) is 0 Å². The van der Waals surface area contributed by atoms with Gasteiger partial charge in [0.1, 0.15) is 5.82 Å². The molecule has 7 nitrogen and oxygen atoms in total. The lowest BCUT2D eigenvalue weighted by atomic mass is 10.1. The Kier molecular flexibility index (Phi) is 5.26. The zero-order chi connectivity index (χ0) is 20.4. The number of hydrogen-bond donors (Lipinski definition) is 2. The van der Waals surface area contributed by atoms with Crippen LogP contribution in [0.5, 0.6) is 0 Å².